The summed E-state index contributed by atoms with van der Waals surface area (Å²) < 4.78 is 16.2. The van der Waals surface area contributed by atoms with Crippen molar-refractivity contribution in [3.8, 4) is 11.5 Å². The summed E-state index contributed by atoms with van der Waals surface area (Å²) in [6, 6.07) is 6.04. The molecule has 0 aliphatic carbocycles. The van der Waals surface area contributed by atoms with Gasteiger partial charge in [0, 0.05) is 25.3 Å². The molecule has 0 aromatic heterocycles. The van der Waals surface area contributed by atoms with Crippen molar-refractivity contribution in [2.24, 2.45) is 5.92 Å². The predicted molar refractivity (Wildman–Crippen MR) is 67.8 cm³/mol. The Morgan fingerprint density at radius 3 is 3.17 bits per heavy atom. The second-order valence-corrected chi connectivity index (χ2v) is 4.85. The molecule has 4 heteroatoms. The van der Waals surface area contributed by atoms with Crippen molar-refractivity contribution in [2.75, 3.05) is 26.6 Å². The maximum atomic E-state index is 5.48. The summed E-state index contributed by atoms with van der Waals surface area (Å²) in [6.45, 7) is 4.06. The Morgan fingerprint density at radius 2 is 2.28 bits per heavy atom. The van der Waals surface area contributed by atoms with Gasteiger partial charge in [-0.25, -0.2) is 0 Å². The van der Waals surface area contributed by atoms with Crippen LogP contribution in [-0.4, -0.2) is 26.6 Å². The molecule has 1 aromatic carbocycles. The number of benzene rings is 1. The van der Waals surface area contributed by atoms with E-state index in [9.17, 15) is 0 Å². The molecule has 0 radical (unpaired) electrons. The third kappa shape index (κ3) is 2.60. The molecule has 1 aromatic rings. The number of ether oxygens (including phenoxy) is 3. The van der Waals surface area contributed by atoms with Crippen molar-refractivity contribution in [3.05, 3.63) is 23.8 Å². The zero-order chi connectivity index (χ0) is 12.2. The molecule has 0 saturated carbocycles. The van der Waals surface area contributed by atoms with Gasteiger partial charge in [-0.3, -0.25) is 0 Å². The van der Waals surface area contributed by atoms with Gasteiger partial charge < -0.3 is 19.5 Å². The molecule has 1 N–H and O–H groups in total. The van der Waals surface area contributed by atoms with Gasteiger partial charge in [0.05, 0.1) is 0 Å². The van der Waals surface area contributed by atoms with E-state index in [1.807, 2.05) is 12.1 Å². The molecular weight excluding hydrogens is 230 g/mol. The lowest BCUT2D eigenvalue weighted by molar-refractivity contribution is 0.173. The molecule has 2 aliphatic heterocycles. The minimum absolute atomic E-state index is 0.339. The number of para-hydroxylation sites is 1. The Labute approximate surface area is 107 Å². The second-order valence-electron chi connectivity index (χ2n) is 4.85. The molecule has 1 atom stereocenters. The van der Waals surface area contributed by atoms with E-state index < -0.39 is 0 Å². The van der Waals surface area contributed by atoms with Crippen molar-refractivity contribution in [1.29, 1.82) is 0 Å². The average molecular weight is 249 g/mol. The van der Waals surface area contributed by atoms with E-state index in [0.29, 0.717) is 6.79 Å². The van der Waals surface area contributed by atoms with Gasteiger partial charge in [0.2, 0.25) is 6.79 Å². The van der Waals surface area contributed by atoms with E-state index in [2.05, 4.69) is 11.4 Å². The summed E-state index contributed by atoms with van der Waals surface area (Å²) >= 11 is 0. The third-order valence-corrected chi connectivity index (χ3v) is 3.55. The normalized spacial score (nSPS) is 21.4. The SMILES string of the molecule is c1cc(CNCCC2CCOC2)c2c(c1)OCO2. The van der Waals surface area contributed by atoms with Crippen LogP contribution in [0.4, 0.5) is 0 Å². The summed E-state index contributed by atoms with van der Waals surface area (Å²) in [6.07, 6.45) is 2.39. The van der Waals surface area contributed by atoms with E-state index in [-0.39, 0.29) is 0 Å². The second kappa shape index (κ2) is 5.59. The highest BCUT2D eigenvalue weighted by Crippen LogP contribution is 2.35. The molecule has 2 heterocycles. The number of hydrogen-bond acceptors (Lipinski definition) is 4. The molecule has 4 nitrogen and oxygen atoms in total. The predicted octanol–water partition coefficient (Wildman–Crippen LogP) is 1.93. The monoisotopic (exact) mass is 249 g/mol. The first-order chi connectivity index (χ1) is 8.93. The lowest BCUT2D eigenvalue weighted by atomic mass is 10.1. The van der Waals surface area contributed by atoms with Crippen LogP contribution in [-0.2, 0) is 11.3 Å². The number of nitrogens with one attached hydrogen (secondary N) is 1. The first kappa shape index (κ1) is 11.8. The Hall–Kier alpha value is -1.26. The molecule has 1 saturated heterocycles. The zero-order valence-electron chi connectivity index (χ0n) is 10.5. The summed E-state index contributed by atoms with van der Waals surface area (Å²) in [5.41, 5.74) is 1.17. The highest BCUT2D eigenvalue weighted by molar-refractivity contribution is 5.48. The Balaban J connectivity index is 1.47. The molecule has 98 valence electrons. The maximum absolute atomic E-state index is 5.48. The summed E-state index contributed by atoms with van der Waals surface area (Å²) in [5.74, 6) is 2.49. The molecule has 1 unspecified atom stereocenters. The molecule has 0 spiro atoms. The lowest BCUT2D eigenvalue weighted by Gasteiger charge is -2.10. The number of rotatable bonds is 5. The first-order valence-electron chi connectivity index (χ1n) is 6.59. The smallest absolute Gasteiger partial charge is 0.231 e. The highest BCUT2D eigenvalue weighted by atomic mass is 16.7. The van der Waals surface area contributed by atoms with Crippen LogP contribution < -0.4 is 14.8 Å². The topological polar surface area (TPSA) is 39.7 Å². The number of fused-ring (bicyclic) bond motifs is 1. The molecule has 2 aliphatic rings. The molecule has 3 rings (SSSR count). The third-order valence-electron chi connectivity index (χ3n) is 3.55. The van der Waals surface area contributed by atoms with Crippen LogP contribution in [0, 0.1) is 5.92 Å². The summed E-state index contributed by atoms with van der Waals surface area (Å²) in [5, 5.41) is 3.47. The van der Waals surface area contributed by atoms with E-state index >= 15 is 0 Å². The van der Waals surface area contributed by atoms with Gasteiger partial charge in [0.25, 0.3) is 0 Å². The maximum Gasteiger partial charge on any atom is 0.231 e. The fraction of sp³-hybridized carbons (Fsp3) is 0.571. The van der Waals surface area contributed by atoms with Crippen molar-refractivity contribution in [3.63, 3.8) is 0 Å². The van der Waals surface area contributed by atoms with Gasteiger partial charge in [0.1, 0.15) is 0 Å². The highest BCUT2D eigenvalue weighted by Gasteiger charge is 2.17. The van der Waals surface area contributed by atoms with E-state index in [4.69, 9.17) is 14.2 Å². The Morgan fingerprint density at radius 1 is 1.28 bits per heavy atom. The first-order valence-corrected chi connectivity index (χ1v) is 6.59. The van der Waals surface area contributed by atoms with Crippen LogP contribution in [0.2, 0.25) is 0 Å². The van der Waals surface area contributed by atoms with E-state index in [1.165, 1.54) is 18.4 Å². The van der Waals surface area contributed by atoms with Crippen LogP contribution in [0.15, 0.2) is 18.2 Å². The summed E-state index contributed by atoms with van der Waals surface area (Å²) in [7, 11) is 0. The van der Waals surface area contributed by atoms with Crippen LogP contribution in [0.3, 0.4) is 0 Å². The van der Waals surface area contributed by atoms with Gasteiger partial charge in [-0.1, -0.05) is 12.1 Å². The van der Waals surface area contributed by atoms with Crippen molar-refractivity contribution in [2.45, 2.75) is 19.4 Å². The minimum Gasteiger partial charge on any atom is -0.454 e. The average Bonchev–Trinajstić information content (AvgIpc) is 3.05. The van der Waals surface area contributed by atoms with Gasteiger partial charge in [-0.15, -0.1) is 0 Å². The van der Waals surface area contributed by atoms with E-state index in [1.54, 1.807) is 0 Å². The molecule has 1 fully saturated rings. The standard InChI is InChI=1S/C14H19NO3/c1-2-12(14-13(3-1)17-10-18-14)8-15-6-4-11-5-7-16-9-11/h1-3,11,15H,4-10H2. The Bertz CT molecular complexity index is 402. The molecule has 0 bridgehead atoms. The van der Waals surface area contributed by atoms with Crippen LogP contribution in [0.25, 0.3) is 0 Å². The molecule has 18 heavy (non-hydrogen) atoms. The van der Waals surface area contributed by atoms with Gasteiger partial charge in [-0.2, -0.15) is 0 Å². The van der Waals surface area contributed by atoms with E-state index in [0.717, 1.165) is 43.7 Å². The van der Waals surface area contributed by atoms with Gasteiger partial charge >= 0.3 is 0 Å². The minimum atomic E-state index is 0.339. The van der Waals surface area contributed by atoms with Crippen molar-refractivity contribution >= 4 is 0 Å². The molecule has 0 amide bonds. The summed E-state index contributed by atoms with van der Waals surface area (Å²) in [4.78, 5) is 0. The van der Waals surface area contributed by atoms with Crippen LogP contribution in [0.1, 0.15) is 18.4 Å². The Kier molecular flexibility index (Phi) is 3.67. The fourth-order valence-electron chi connectivity index (χ4n) is 2.47. The zero-order valence-corrected chi connectivity index (χ0v) is 10.5. The number of hydrogen-bond donors (Lipinski definition) is 1. The fourth-order valence-corrected chi connectivity index (χ4v) is 2.47. The van der Waals surface area contributed by atoms with Crippen LogP contribution >= 0.6 is 0 Å². The van der Waals surface area contributed by atoms with Crippen molar-refractivity contribution in [1.82, 2.24) is 5.32 Å². The van der Waals surface area contributed by atoms with Gasteiger partial charge in [0.15, 0.2) is 11.5 Å². The molecular formula is C14H19NO3. The quantitative estimate of drug-likeness (QED) is 0.809. The van der Waals surface area contributed by atoms with Crippen LogP contribution in [0.5, 0.6) is 11.5 Å². The lowest BCUT2D eigenvalue weighted by Crippen LogP contribution is -2.18. The van der Waals surface area contributed by atoms with Crippen molar-refractivity contribution < 1.29 is 14.2 Å². The largest absolute Gasteiger partial charge is 0.454 e. The van der Waals surface area contributed by atoms with Gasteiger partial charge in [-0.05, 0) is 31.4 Å².